The maximum atomic E-state index is 12.1. The highest BCUT2D eigenvalue weighted by Gasteiger charge is 2.18. The van der Waals surface area contributed by atoms with E-state index in [0.29, 0.717) is 12.5 Å². The van der Waals surface area contributed by atoms with Crippen LogP contribution in [0.5, 0.6) is 0 Å². The van der Waals surface area contributed by atoms with Crippen LogP contribution in [0.4, 0.5) is 5.69 Å². The Bertz CT molecular complexity index is 456. The van der Waals surface area contributed by atoms with Gasteiger partial charge in [-0.3, -0.25) is 9.69 Å². The summed E-state index contributed by atoms with van der Waals surface area (Å²) < 4.78 is 0. The Morgan fingerprint density at radius 3 is 2.95 bits per heavy atom. The van der Waals surface area contributed by atoms with Crippen LogP contribution >= 0.6 is 0 Å². The van der Waals surface area contributed by atoms with E-state index < -0.39 is 0 Å². The van der Waals surface area contributed by atoms with Gasteiger partial charge in [0.1, 0.15) is 0 Å². The van der Waals surface area contributed by atoms with E-state index in [1.165, 1.54) is 18.4 Å². The van der Waals surface area contributed by atoms with Crippen molar-refractivity contribution in [1.29, 1.82) is 0 Å². The Morgan fingerprint density at radius 2 is 2.21 bits per heavy atom. The second kappa shape index (κ2) is 6.20. The minimum absolute atomic E-state index is 0.0998. The van der Waals surface area contributed by atoms with Gasteiger partial charge in [-0.25, -0.2) is 0 Å². The van der Waals surface area contributed by atoms with Crippen molar-refractivity contribution in [1.82, 2.24) is 4.90 Å². The molecule has 3 nitrogen and oxygen atoms in total. The molecule has 1 N–H and O–H groups in total. The van der Waals surface area contributed by atoms with Gasteiger partial charge in [0.2, 0.25) is 5.91 Å². The van der Waals surface area contributed by atoms with E-state index >= 15 is 0 Å². The van der Waals surface area contributed by atoms with Gasteiger partial charge in [0, 0.05) is 12.2 Å². The summed E-state index contributed by atoms with van der Waals surface area (Å²) in [6.45, 7) is 8.93. The van der Waals surface area contributed by atoms with Gasteiger partial charge in [0.25, 0.3) is 0 Å². The molecule has 1 aliphatic heterocycles. The first-order valence-electron chi connectivity index (χ1n) is 7.14. The Labute approximate surface area is 116 Å². The van der Waals surface area contributed by atoms with Crippen LogP contribution in [0.25, 0.3) is 0 Å². The molecule has 1 aromatic rings. The molecule has 19 heavy (non-hydrogen) atoms. The first-order chi connectivity index (χ1) is 9.04. The van der Waals surface area contributed by atoms with Crippen molar-refractivity contribution < 1.29 is 4.79 Å². The number of hydrogen-bond donors (Lipinski definition) is 1. The summed E-state index contributed by atoms with van der Waals surface area (Å²) >= 11 is 0. The summed E-state index contributed by atoms with van der Waals surface area (Å²) in [5.41, 5.74) is 3.23. The van der Waals surface area contributed by atoms with E-state index in [-0.39, 0.29) is 5.91 Å². The third kappa shape index (κ3) is 4.06. The molecule has 0 saturated carbocycles. The van der Waals surface area contributed by atoms with Crippen molar-refractivity contribution in [3.8, 4) is 0 Å². The smallest absolute Gasteiger partial charge is 0.238 e. The average molecular weight is 260 g/mol. The van der Waals surface area contributed by atoms with E-state index in [4.69, 9.17) is 0 Å². The molecule has 0 aliphatic carbocycles. The van der Waals surface area contributed by atoms with Gasteiger partial charge in [-0.15, -0.1) is 0 Å². The van der Waals surface area contributed by atoms with Crippen LogP contribution in [0.3, 0.4) is 0 Å². The zero-order valence-corrected chi connectivity index (χ0v) is 12.2. The fourth-order valence-electron chi connectivity index (χ4n) is 2.69. The molecule has 1 saturated heterocycles. The molecule has 0 aromatic heterocycles. The number of nitrogens with zero attached hydrogens (tertiary/aromatic N) is 1. The molecule has 1 heterocycles. The highest BCUT2D eigenvalue weighted by molar-refractivity contribution is 5.93. The highest BCUT2D eigenvalue weighted by Crippen LogP contribution is 2.18. The standard InChI is InChI=1S/C16H24N2O/c1-12-6-7-14(3)15(9-12)17-16(19)11-18-8-4-5-13(2)10-18/h6-7,9,13H,4-5,8,10-11H2,1-3H3,(H,17,19)/t13-/m0/s1. The molecule has 0 radical (unpaired) electrons. The summed E-state index contributed by atoms with van der Waals surface area (Å²) in [5, 5.41) is 3.03. The van der Waals surface area contributed by atoms with Gasteiger partial charge >= 0.3 is 0 Å². The molecular weight excluding hydrogens is 236 g/mol. The molecule has 0 spiro atoms. The molecule has 2 rings (SSSR count). The minimum atomic E-state index is 0.0998. The predicted molar refractivity (Wildman–Crippen MR) is 79.4 cm³/mol. The Balaban J connectivity index is 1.92. The van der Waals surface area contributed by atoms with Crippen molar-refractivity contribution in [3.63, 3.8) is 0 Å². The molecule has 1 fully saturated rings. The number of hydrogen-bond acceptors (Lipinski definition) is 2. The van der Waals surface area contributed by atoms with Crippen LogP contribution < -0.4 is 5.32 Å². The van der Waals surface area contributed by atoms with Crippen molar-refractivity contribution in [2.24, 2.45) is 5.92 Å². The van der Waals surface area contributed by atoms with E-state index in [9.17, 15) is 4.79 Å². The number of aryl methyl sites for hydroxylation is 2. The van der Waals surface area contributed by atoms with Gasteiger partial charge in [-0.05, 0) is 56.3 Å². The number of piperidine rings is 1. The number of rotatable bonds is 3. The topological polar surface area (TPSA) is 32.3 Å². The normalized spacial score (nSPS) is 20.3. The van der Waals surface area contributed by atoms with Gasteiger partial charge in [0.15, 0.2) is 0 Å². The number of likely N-dealkylation sites (tertiary alicyclic amines) is 1. The van der Waals surface area contributed by atoms with Crippen LogP contribution in [0.2, 0.25) is 0 Å². The van der Waals surface area contributed by atoms with Gasteiger partial charge < -0.3 is 5.32 Å². The largest absolute Gasteiger partial charge is 0.325 e. The van der Waals surface area contributed by atoms with Crippen molar-refractivity contribution >= 4 is 11.6 Å². The number of carbonyl (C=O) groups excluding carboxylic acids is 1. The predicted octanol–water partition coefficient (Wildman–Crippen LogP) is 2.97. The van der Waals surface area contributed by atoms with E-state index in [2.05, 4.69) is 23.2 Å². The lowest BCUT2D eigenvalue weighted by Gasteiger charge is -2.30. The van der Waals surface area contributed by atoms with Crippen LogP contribution in [0.15, 0.2) is 18.2 Å². The first kappa shape index (κ1) is 14.1. The summed E-state index contributed by atoms with van der Waals surface area (Å²) in [6, 6.07) is 6.15. The van der Waals surface area contributed by atoms with Crippen molar-refractivity contribution in [2.45, 2.75) is 33.6 Å². The van der Waals surface area contributed by atoms with E-state index in [0.717, 1.165) is 24.3 Å². The molecule has 3 heteroatoms. The van der Waals surface area contributed by atoms with Crippen LogP contribution in [-0.2, 0) is 4.79 Å². The number of carbonyl (C=O) groups is 1. The fourth-order valence-corrected chi connectivity index (χ4v) is 2.69. The summed E-state index contributed by atoms with van der Waals surface area (Å²) in [7, 11) is 0. The van der Waals surface area contributed by atoms with Crippen LogP contribution in [0, 0.1) is 19.8 Å². The summed E-state index contributed by atoms with van der Waals surface area (Å²) in [6.07, 6.45) is 2.49. The Kier molecular flexibility index (Phi) is 4.59. The summed E-state index contributed by atoms with van der Waals surface area (Å²) in [4.78, 5) is 14.4. The van der Waals surface area contributed by atoms with Gasteiger partial charge in [-0.2, -0.15) is 0 Å². The molecule has 0 bridgehead atoms. The molecule has 1 aliphatic rings. The molecular formula is C16H24N2O. The number of nitrogens with one attached hydrogen (secondary N) is 1. The zero-order chi connectivity index (χ0) is 13.8. The summed E-state index contributed by atoms with van der Waals surface area (Å²) in [5.74, 6) is 0.810. The third-order valence-electron chi connectivity index (χ3n) is 3.78. The second-order valence-corrected chi connectivity index (χ2v) is 5.85. The number of amides is 1. The molecule has 1 aromatic carbocycles. The van der Waals surface area contributed by atoms with Crippen LogP contribution in [-0.4, -0.2) is 30.4 Å². The van der Waals surface area contributed by atoms with Gasteiger partial charge in [0.05, 0.1) is 6.54 Å². The lowest BCUT2D eigenvalue weighted by atomic mass is 10.0. The number of anilines is 1. The quantitative estimate of drug-likeness (QED) is 0.906. The molecule has 1 atom stereocenters. The maximum Gasteiger partial charge on any atom is 0.238 e. The maximum absolute atomic E-state index is 12.1. The SMILES string of the molecule is Cc1ccc(C)c(NC(=O)CN2CCC[C@H](C)C2)c1. The van der Waals surface area contributed by atoms with Crippen LogP contribution in [0.1, 0.15) is 30.9 Å². The second-order valence-electron chi connectivity index (χ2n) is 5.85. The molecule has 1 amide bonds. The van der Waals surface area contributed by atoms with Crippen molar-refractivity contribution in [3.05, 3.63) is 29.3 Å². The monoisotopic (exact) mass is 260 g/mol. The zero-order valence-electron chi connectivity index (χ0n) is 12.2. The lowest BCUT2D eigenvalue weighted by Crippen LogP contribution is -2.39. The van der Waals surface area contributed by atoms with E-state index in [1.807, 2.05) is 26.0 Å². The fraction of sp³-hybridized carbons (Fsp3) is 0.562. The van der Waals surface area contributed by atoms with E-state index in [1.54, 1.807) is 0 Å². The molecule has 0 unspecified atom stereocenters. The average Bonchev–Trinajstić information content (AvgIpc) is 2.34. The Hall–Kier alpha value is -1.35. The first-order valence-corrected chi connectivity index (χ1v) is 7.14. The third-order valence-corrected chi connectivity index (χ3v) is 3.78. The Morgan fingerprint density at radius 1 is 1.42 bits per heavy atom. The van der Waals surface area contributed by atoms with Gasteiger partial charge in [-0.1, -0.05) is 19.1 Å². The highest BCUT2D eigenvalue weighted by atomic mass is 16.2. The lowest BCUT2D eigenvalue weighted by molar-refractivity contribution is -0.117. The molecule has 104 valence electrons. The number of benzene rings is 1. The van der Waals surface area contributed by atoms with Crippen molar-refractivity contribution in [2.75, 3.05) is 25.0 Å². The minimum Gasteiger partial charge on any atom is -0.325 e.